The third-order valence-corrected chi connectivity index (χ3v) is 5.51. The van der Waals surface area contributed by atoms with E-state index in [1.165, 1.54) is 28.0 Å². The van der Waals surface area contributed by atoms with Crippen LogP contribution in [-0.4, -0.2) is 30.3 Å². The van der Waals surface area contributed by atoms with Crippen molar-refractivity contribution in [1.29, 1.82) is 0 Å². The summed E-state index contributed by atoms with van der Waals surface area (Å²) in [5.74, 6) is -1.31. The summed E-state index contributed by atoms with van der Waals surface area (Å²) >= 11 is 0. The first-order chi connectivity index (χ1) is 17.0. The summed E-state index contributed by atoms with van der Waals surface area (Å²) in [6.45, 7) is 2.69. The van der Waals surface area contributed by atoms with E-state index in [0.29, 0.717) is 24.1 Å². The summed E-state index contributed by atoms with van der Waals surface area (Å²) < 4.78 is 40.1. The van der Waals surface area contributed by atoms with E-state index < -0.39 is 16.1 Å². The highest BCUT2D eigenvalue weighted by Crippen LogP contribution is 2.32. The molecule has 0 bridgehead atoms. The van der Waals surface area contributed by atoms with E-state index >= 15 is 0 Å². The Labute approximate surface area is 210 Å². The van der Waals surface area contributed by atoms with E-state index in [0.717, 1.165) is 11.1 Å². The molecule has 3 N–H and O–H groups in total. The van der Waals surface area contributed by atoms with Crippen molar-refractivity contribution >= 4 is 32.5 Å². The van der Waals surface area contributed by atoms with Gasteiger partial charge in [-0.1, -0.05) is 60.7 Å². The zero-order chi connectivity index (χ0) is 26.3. The molecule has 0 amide bonds. The number of aliphatic carboxylic acids is 1. The summed E-state index contributed by atoms with van der Waals surface area (Å²) in [4.78, 5) is 10.7. The van der Waals surface area contributed by atoms with Crippen molar-refractivity contribution < 1.29 is 27.3 Å². The van der Waals surface area contributed by atoms with Gasteiger partial charge in [-0.3, -0.25) is 9.35 Å². The zero-order valence-corrected chi connectivity index (χ0v) is 20.8. The normalized spacial score (nSPS) is 11.0. The minimum atomic E-state index is -3.67. The Morgan fingerprint density at radius 2 is 1.69 bits per heavy atom. The van der Waals surface area contributed by atoms with Gasteiger partial charge in [0.15, 0.2) is 0 Å². The fourth-order valence-corrected chi connectivity index (χ4v) is 3.91. The molecule has 0 saturated carbocycles. The maximum absolute atomic E-state index is 14.3. The molecular formula is C28H28FNO5S. The molecule has 4 rings (SSSR count). The number of halogens is 1. The molecule has 4 aromatic carbocycles. The molecule has 0 aliphatic rings. The molecule has 0 fully saturated rings. The van der Waals surface area contributed by atoms with Crippen LogP contribution in [0.5, 0.6) is 0 Å². The van der Waals surface area contributed by atoms with E-state index in [1.54, 1.807) is 12.1 Å². The Bertz CT molecular complexity index is 1480. The molecule has 0 atom stereocenters. The zero-order valence-electron chi connectivity index (χ0n) is 20.0. The Morgan fingerprint density at radius 3 is 2.39 bits per heavy atom. The van der Waals surface area contributed by atoms with E-state index in [9.17, 15) is 17.6 Å². The van der Waals surface area contributed by atoms with E-state index in [2.05, 4.69) is 60.8 Å². The van der Waals surface area contributed by atoms with Crippen LogP contribution in [0, 0.1) is 12.7 Å². The standard InChI is InChI=1S/C27H24FNO2.CH4O3S/c1-18-9-10-20-6-2-3-8-24(20)27(18)22-7-4-5-19(15-22)17-29-23-13-11-21(25(28)16-23)12-14-26(30)31;1-5(2,3)4/h2-11,13,15-16,29H,12,14,17H2,1H3,(H,30,31);1H3,(H,2,3,4). The van der Waals surface area contributed by atoms with E-state index in [1.807, 2.05) is 12.1 Å². The van der Waals surface area contributed by atoms with Crippen molar-refractivity contribution in [3.8, 4) is 11.1 Å². The summed E-state index contributed by atoms with van der Waals surface area (Å²) in [5, 5.41) is 14.5. The highest BCUT2D eigenvalue weighted by Gasteiger charge is 2.09. The summed E-state index contributed by atoms with van der Waals surface area (Å²) in [6, 6.07) is 25.9. The summed E-state index contributed by atoms with van der Waals surface area (Å²) in [5.41, 5.74) is 5.80. The molecular weight excluding hydrogens is 481 g/mol. The van der Waals surface area contributed by atoms with Gasteiger partial charge in [0.05, 0.1) is 6.26 Å². The van der Waals surface area contributed by atoms with Crippen LogP contribution in [-0.2, 0) is 27.9 Å². The molecule has 6 nitrogen and oxygen atoms in total. The second-order valence-corrected chi connectivity index (χ2v) is 9.93. The number of nitrogens with one attached hydrogen (secondary N) is 1. The van der Waals surface area contributed by atoms with Crippen molar-refractivity contribution in [2.24, 2.45) is 0 Å². The van der Waals surface area contributed by atoms with Crippen LogP contribution in [0.15, 0.2) is 78.9 Å². The molecule has 0 aliphatic heterocycles. The predicted octanol–water partition coefficient (Wildman–Crippen LogP) is 6.09. The second-order valence-electron chi connectivity index (χ2n) is 8.47. The van der Waals surface area contributed by atoms with Crippen molar-refractivity contribution in [3.05, 3.63) is 101 Å². The van der Waals surface area contributed by atoms with Gasteiger partial charge in [0.2, 0.25) is 0 Å². The third-order valence-electron chi connectivity index (χ3n) is 5.51. The average Bonchev–Trinajstić information content (AvgIpc) is 2.81. The smallest absolute Gasteiger partial charge is 0.303 e. The van der Waals surface area contributed by atoms with Crippen molar-refractivity contribution in [2.45, 2.75) is 26.3 Å². The number of hydrogen-bond donors (Lipinski definition) is 3. The second kappa shape index (κ2) is 11.8. The lowest BCUT2D eigenvalue weighted by Crippen LogP contribution is -2.02. The number of hydrogen-bond acceptors (Lipinski definition) is 4. The van der Waals surface area contributed by atoms with Gasteiger partial charge in [0.1, 0.15) is 5.82 Å². The molecule has 4 aromatic rings. The van der Waals surface area contributed by atoms with Crippen LogP contribution in [0.2, 0.25) is 0 Å². The third kappa shape index (κ3) is 7.90. The van der Waals surface area contributed by atoms with Gasteiger partial charge in [-0.05, 0) is 70.1 Å². The van der Waals surface area contributed by atoms with Crippen LogP contribution in [0.3, 0.4) is 0 Å². The fraction of sp³-hybridized carbons (Fsp3) is 0.179. The van der Waals surface area contributed by atoms with Crippen molar-refractivity contribution in [3.63, 3.8) is 0 Å². The molecule has 8 heteroatoms. The Kier molecular flexibility index (Phi) is 8.79. The molecule has 188 valence electrons. The van der Waals surface area contributed by atoms with Crippen LogP contribution in [0.1, 0.15) is 23.1 Å². The number of carboxylic acid groups (broad SMARTS) is 1. The first kappa shape index (κ1) is 26.8. The number of carboxylic acids is 1. The van der Waals surface area contributed by atoms with Crippen LogP contribution < -0.4 is 5.32 Å². The van der Waals surface area contributed by atoms with Crippen LogP contribution in [0.4, 0.5) is 10.1 Å². The SMILES string of the molecule is CS(=O)(=O)O.Cc1ccc2ccccc2c1-c1cccc(CNc2ccc(CCC(=O)O)c(F)c2)c1. The van der Waals surface area contributed by atoms with E-state index in [4.69, 9.17) is 9.66 Å². The molecule has 0 aliphatic carbocycles. The highest BCUT2D eigenvalue weighted by molar-refractivity contribution is 7.85. The first-order valence-corrected chi connectivity index (χ1v) is 13.1. The number of carbonyl (C=O) groups is 1. The Balaban J connectivity index is 0.000000658. The number of anilines is 1. The van der Waals surface area contributed by atoms with Crippen LogP contribution in [0.25, 0.3) is 21.9 Å². The first-order valence-electron chi connectivity index (χ1n) is 11.3. The molecule has 0 radical (unpaired) electrons. The number of fused-ring (bicyclic) bond motifs is 1. The van der Waals surface area contributed by atoms with Gasteiger partial charge in [-0.2, -0.15) is 8.42 Å². The van der Waals surface area contributed by atoms with Gasteiger partial charge in [0, 0.05) is 18.7 Å². The quantitative estimate of drug-likeness (QED) is 0.261. The van der Waals surface area contributed by atoms with Gasteiger partial charge < -0.3 is 10.4 Å². The molecule has 0 aromatic heterocycles. The molecule has 0 saturated heterocycles. The summed E-state index contributed by atoms with van der Waals surface area (Å²) in [7, 11) is -3.67. The van der Waals surface area contributed by atoms with Gasteiger partial charge >= 0.3 is 5.97 Å². The molecule has 0 unspecified atom stereocenters. The number of rotatable bonds is 7. The van der Waals surface area contributed by atoms with Gasteiger partial charge in [0.25, 0.3) is 10.1 Å². The average molecular weight is 510 g/mol. The Morgan fingerprint density at radius 1 is 0.972 bits per heavy atom. The maximum Gasteiger partial charge on any atom is 0.303 e. The van der Waals surface area contributed by atoms with Crippen LogP contribution >= 0.6 is 0 Å². The molecule has 0 spiro atoms. The Hall–Kier alpha value is -3.75. The minimum absolute atomic E-state index is 0.0793. The molecule has 0 heterocycles. The lowest BCUT2D eigenvalue weighted by atomic mass is 9.93. The number of benzene rings is 4. The van der Waals surface area contributed by atoms with Gasteiger partial charge in [-0.25, -0.2) is 4.39 Å². The fourth-order valence-electron chi connectivity index (χ4n) is 3.91. The van der Waals surface area contributed by atoms with Gasteiger partial charge in [-0.15, -0.1) is 0 Å². The largest absolute Gasteiger partial charge is 0.481 e. The molecule has 36 heavy (non-hydrogen) atoms. The lowest BCUT2D eigenvalue weighted by molar-refractivity contribution is -0.136. The monoisotopic (exact) mass is 509 g/mol. The lowest BCUT2D eigenvalue weighted by Gasteiger charge is -2.13. The predicted molar refractivity (Wildman–Crippen MR) is 141 cm³/mol. The highest BCUT2D eigenvalue weighted by atomic mass is 32.2. The van der Waals surface area contributed by atoms with Crippen molar-refractivity contribution in [2.75, 3.05) is 11.6 Å². The minimum Gasteiger partial charge on any atom is -0.481 e. The topological polar surface area (TPSA) is 104 Å². The summed E-state index contributed by atoms with van der Waals surface area (Å²) in [6.07, 6.45) is 0.824. The number of aryl methyl sites for hydroxylation is 2. The van der Waals surface area contributed by atoms with Crippen molar-refractivity contribution in [1.82, 2.24) is 0 Å². The van der Waals surface area contributed by atoms with E-state index in [-0.39, 0.29) is 18.7 Å². The maximum atomic E-state index is 14.3.